The van der Waals surface area contributed by atoms with Gasteiger partial charge in [-0.2, -0.15) is 0 Å². The minimum atomic E-state index is -0.354. The third kappa shape index (κ3) is 4.80. The Balaban J connectivity index is 2.19. The van der Waals surface area contributed by atoms with Gasteiger partial charge in [-0.1, -0.05) is 52.7 Å². The Bertz CT molecular complexity index is 586. The number of benzene rings is 2. The molecule has 0 fully saturated rings. The van der Waals surface area contributed by atoms with E-state index in [1.165, 1.54) is 11.6 Å². The van der Waals surface area contributed by atoms with Crippen LogP contribution in [0, 0.1) is 5.82 Å². The lowest BCUT2D eigenvalue weighted by molar-refractivity contribution is 0.588. The molecule has 1 atom stereocenters. The second-order valence-electron chi connectivity index (χ2n) is 5.01. The van der Waals surface area contributed by atoms with Gasteiger partial charge >= 0.3 is 0 Å². The molecule has 0 aliphatic heterocycles. The molecule has 0 aromatic heterocycles. The van der Waals surface area contributed by atoms with Crippen molar-refractivity contribution in [2.24, 2.45) is 0 Å². The van der Waals surface area contributed by atoms with E-state index in [2.05, 4.69) is 40.3 Å². The van der Waals surface area contributed by atoms with Crippen LogP contribution in [0.15, 0.2) is 46.9 Å². The minimum Gasteiger partial charge on any atom is -0.316 e. The van der Waals surface area contributed by atoms with Crippen molar-refractivity contribution >= 4 is 27.5 Å². The fourth-order valence-corrected chi connectivity index (χ4v) is 2.69. The molecule has 0 aliphatic rings. The van der Waals surface area contributed by atoms with Gasteiger partial charge in [0.05, 0.1) is 5.02 Å². The first-order valence-corrected chi connectivity index (χ1v) is 8.17. The zero-order valence-electron chi connectivity index (χ0n) is 11.9. The SMILES string of the molecule is CCNCC(Cc1ccc(Cl)c(F)c1)c1ccc(Br)cc1. The highest BCUT2D eigenvalue weighted by Gasteiger charge is 2.13. The van der Waals surface area contributed by atoms with Crippen LogP contribution in [-0.2, 0) is 6.42 Å². The molecule has 1 nitrogen and oxygen atoms in total. The molecule has 0 bridgehead atoms. The number of nitrogens with one attached hydrogen (secondary N) is 1. The molecule has 0 heterocycles. The molecule has 0 saturated carbocycles. The fraction of sp³-hybridized carbons (Fsp3) is 0.294. The highest BCUT2D eigenvalue weighted by atomic mass is 79.9. The van der Waals surface area contributed by atoms with E-state index in [0.717, 1.165) is 29.5 Å². The Morgan fingerprint density at radius 1 is 1.19 bits per heavy atom. The molecule has 112 valence electrons. The van der Waals surface area contributed by atoms with Crippen LogP contribution in [0.5, 0.6) is 0 Å². The molecule has 1 N–H and O–H groups in total. The monoisotopic (exact) mass is 369 g/mol. The van der Waals surface area contributed by atoms with Crippen molar-refractivity contribution in [1.29, 1.82) is 0 Å². The summed E-state index contributed by atoms with van der Waals surface area (Å²) in [5.41, 5.74) is 2.21. The summed E-state index contributed by atoms with van der Waals surface area (Å²) in [6.07, 6.45) is 0.780. The van der Waals surface area contributed by atoms with Crippen molar-refractivity contribution in [3.63, 3.8) is 0 Å². The molecule has 2 aromatic carbocycles. The van der Waals surface area contributed by atoms with Gasteiger partial charge < -0.3 is 5.32 Å². The van der Waals surface area contributed by atoms with Gasteiger partial charge in [0, 0.05) is 16.9 Å². The van der Waals surface area contributed by atoms with Crippen molar-refractivity contribution in [1.82, 2.24) is 5.32 Å². The third-order valence-corrected chi connectivity index (χ3v) is 4.28. The van der Waals surface area contributed by atoms with Gasteiger partial charge in [0.2, 0.25) is 0 Å². The first kappa shape index (κ1) is 16.5. The summed E-state index contributed by atoms with van der Waals surface area (Å²) in [5.74, 6) is -0.0502. The summed E-state index contributed by atoms with van der Waals surface area (Å²) in [5, 5.41) is 3.55. The first-order valence-electron chi connectivity index (χ1n) is 7.00. The van der Waals surface area contributed by atoms with Crippen molar-refractivity contribution in [2.45, 2.75) is 19.3 Å². The average molecular weight is 371 g/mol. The highest BCUT2D eigenvalue weighted by molar-refractivity contribution is 9.10. The predicted octanol–water partition coefficient (Wildman–Crippen LogP) is 5.18. The summed E-state index contributed by atoms with van der Waals surface area (Å²) in [6, 6.07) is 13.3. The number of hydrogen-bond donors (Lipinski definition) is 1. The fourth-order valence-electron chi connectivity index (χ4n) is 2.31. The Morgan fingerprint density at radius 2 is 1.90 bits per heavy atom. The molecule has 0 aliphatic carbocycles. The normalized spacial score (nSPS) is 12.4. The van der Waals surface area contributed by atoms with Gasteiger partial charge in [-0.15, -0.1) is 0 Å². The predicted molar refractivity (Wildman–Crippen MR) is 90.5 cm³/mol. The van der Waals surface area contributed by atoms with E-state index >= 15 is 0 Å². The van der Waals surface area contributed by atoms with Crippen LogP contribution in [0.3, 0.4) is 0 Å². The Hall–Kier alpha value is -0.900. The van der Waals surface area contributed by atoms with Gasteiger partial charge in [0.15, 0.2) is 0 Å². The third-order valence-electron chi connectivity index (χ3n) is 3.45. The van der Waals surface area contributed by atoms with Crippen molar-refractivity contribution in [3.05, 3.63) is 68.9 Å². The van der Waals surface area contributed by atoms with E-state index in [1.54, 1.807) is 6.07 Å². The maximum absolute atomic E-state index is 13.6. The quantitative estimate of drug-likeness (QED) is 0.739. The summed E-state index contributed by atoms with van der Waals surface area (Å²) in [4.78, 5) is 0. The molecular weight excluding hydrogens is 353 g/mol. The van der Waals surface area contributed by atoms with Crippen molar-refractivity contribution in [2.75, 3.05) is 13.1 Å². The molecular formula is C17H18BrClFN. The van der Waals surface area contributed by atoms with E-state index in [0.29, 0.717) is 5.92 Å². The van der Waals surface area contributed by atoms with Crippen LogP contribution in [0.2, 0.25) is 5.02 Å². The summed E-state index contributed by atoms with van der Waals surface area (Å²) in [6.45, 7) is 3.87. The second-order valence-corrected chi connectivity index (χ2v) is 6.33. The Labute approximate surface area is 138 Å². The maximum Gasteiger partial charge on any atom is 0.142 e. The van der Waals surface area contributed by atoms with Crippen molar-refractivity contribution in [3.8, 4) is 0 Å². The lowest BCUT2D eigenvalue weighted by atomic mass is 9.92. The lowest BCUT2D eigenvalue weighted by Crippen LogP contribution is -2.22. The zero-order valence-corrected chi connectivity index (χ0v) is 14.2. The van der Waals surface area contributed by atoms with Crippen LogP contribution in [0.25, 0.3) is 0 Å². The minimum absolute atomic E-state index is 0.172. The molecule has 2 rings (SSSR count). The van der Waals surface area contributed by atoms with Gasteiger partial charge in [-0.3, -0.25) is 0 Å². The van der Waals surface area contributed by atoms with Gasteiger partial charge in [-0.05, 0) is 48.4 Å². The average Bonchev–Trinajstić information content (AvgIpc) is 2.48. The number of rotatable bonds is 6. The Morgan fingerprint density at radius 3 is 2.52 bits per heavy atom. The number of hydrogen-bond acceptors (Lipinski definition) is 1. The molecule has 0 saturated heterocycles. The van der Waals surface area contributed by atoms with E-state index in [4.69, 9.17) is 11.6 Å². The van der Waals surface area contributed by atoms with E-state index in [1.807, 2.05) is 18.2 Å². The Kier molecular flexibility index (Phi) is 6.22. The molecule has 1 unspecified atom stereocenters. The molecule has 4 heteroatoms. The van der Waals surface area contributed by atoms with Gasteiger partial charge in [0.25, 0.3) is 0 Å². The van der Waals surface area contributed by atoms with Gasteiger partial charge in [-0.25, -0.2) is 4.39 Å². The van der Waals surface area contributed by atoms with E-state index in [-0.39, 0.29) is 10.8 Å². The number of halogens is 3. The van der Waals surface area contributed by atoms with Crippen LogP contribution in [-0.4, -0.2) is 13.1 Å². The van der Waals surface area contributed by atoms with Crippen LogP contribution < -0.4 is 5.32 Å². The summed E-state index contributed by atoms with van der Waals surface area (Å²) in [7, 11) is 0. The molecule has 21 heavy (non-hydrogen) atoms. The van der Waals surface area contributed by atoms with Gasteiger partial charge in [0.1, 0.15) is 5.82 Å². The lowest BCUT2D eigenvalue weighted by Gasteiger charge is -2.18. The molecule has 0 amide bonds. The zero-order chi connectivity index (χ0) is 15.2. The van der Waals surface area contributed by atoms with E-state index in [9.17, 15) is 4.39 Å². The number of likely N-dealkylation sites (N-methyl/N-ethyl adjacent to an activating group) is 1. The smallest absolute Gasteiger partial charge is 0.142 e. The largest absolute Gasteiger partial charge is 0.316 e. The molecule has 2 aromatic rings. The second kappa shape index (κ2) is 7.92. The van der Waals surface area contributed by atoms with E-state index < -0.39 is 0 Å². The summed E-state index contributed by atoms with van der Waals surface area (Å²) >= 11 is 9.19. The van der Waals surface area contributed by atoms with Crippen molar-refractivity contribution < 1.29 is 4.39 Å². The first-order chi connectivity index (χ1) is 10.1. The van der Waals surface area contributed by atoms with Crippen LogP contribution in [0.1, 0.15) is 24.0 Å². The van der Waals surface area contributed by atoms with Crippen LogP contribution >= 0.6 is 27.5 Å². The molecule has 0 radical (unpaired) electrons. The molecule has 0 spiro atoms. The highest BCUT2D eigenvalue weighted by Crippen LogP contribution is 2.24. The summed E-state index contributed by atoms with van der Waals surface area (Å²) < 4.78 is 14.6. The van der Waals surface area contributed by atoms with Crippen LogP contribution in [0.4, 0.5) is 4.39 Å². The maximum atomic E-state index is 13.6. The topological polar surface area (TPSA) is 12.0 Å². The standard InChI is InChI=1S/C17H18BrClFN/c1-2-21-11-14(13-4-6-15(18)7-5-13)9-12-3-8-16(19)17(20)10-12/h3-8,10,14,21H,2,9,11H2,1H3.